The molecule has 0 bridgehead atoms. The predicted molar refractivity (Wildman–Crippen MR) is 110 cm³/mol. The van der Waals surface area contributed by atoms with E-state index in [1.807, 2.05) is 0 Å². The van der Waals surface area contributed by atoms with Gasteiger partial charge in [-0.05, 0) is 35.4 Å². The molecule has 0 unspecified atom stereocenters. The largest absolute Gasteiger partial charge is 0.466 e. The highest BCUT2D eigenvalue weighted by Gasteiger charge is 2.36. The number of aromatic nitrogens is 3. The van der Waals surface area contributed by atoms with E-state index in [1.165, 1.54) is 20.5 Å². The third kappa shape index (κ3) is 3.42. The van der Waals surface area contributed by atoms with Crippen LogP contribution in [0.5, 0.6) is 0 Å². The quantitative estimate of drug-likeness (QED) is 0.642. The zero-order chi connectivity index (χ0) is 21.3. The third-order valence-corrected chi connectivity index (χ3v) is 5.03. The normalized spacial score (nSPS) is 15.2. The van der Waals surface area contributed by atoms with Crippen molar-refractivity contribution in [3.63, 3.8) is 0 Å². The van der Waals surface area contributed by atoms with Gasteiger partial charge >= 0.3 is 11.9 Å². The van der Waals surface area contributed by atoms with Gasteiger partial charge in [0.25, 0.3) is 0 Å². The van der Waals surface area contributed by atoms with Gasteiger partial charge in [-0.1, -0.05) is 35.9 Å². The van der Waals surface area contributed by atoms with E-state index in [0.29, 0.717) is 27.8 Å². The Balaban J connectivity index is 1.90. The lowest BCUT2D eigenvalue weighted by Crippen LogP contribution is -2.29. The van der Waals surface area contributed by atoms with Gasteiger partial charge in [-0.25, -0.2) is 14.3 Å². The summed E-state index contributed by atoms with van der Waals surface area (Å²) >= 11 is 6.02. The van der Waals surface area contributed by atoms with Crippen LogP contribution in [0.25, 0.3) is 5.70 Å². The molecular formula is C21H17ClN4O4. The summed E-state index contributed by atoms with van der Waals surface area (Å²) in [7, 11) is 2.64. The standard InChI is InChI=1S/C21H17ClN4O4/c1-29-19(27)14-5-3-13(4-6-14)18-16(20(28)30-2)17(12-7-9-15(22)10-8-12)25-21-23-11-24-26(18)21/h3-11,18H,1-2H3,(H,23,24,25)/t18-/m1/s1. The molecule has 0 aliphatic carbocycles. The second-order valence-electron chi connectivity index (χ2n) is 6.46. The number of rotatable bonds is 4. The summed E-state index contributed by atoms with van der Waals surface area (Å²) < 4.78 is 11.4. The van der Waals surface area contributed by atoms with Crippen molar-refractivity contribution in [1.29, 1.82) is 0 Å². The second kappa shape index (κ2) is 8.00. The second-order valence-corrected chi connectivity index (χ2v) is 6.89. The van der Waals surface area contributed by atoms with Crippen LogP contribution in [0.3, 0.4) is 0 Å². The van der Waals surface area contributed by atoms with Crippen LogP contribution in [0.4, 0.5) is 5.95 Å². The Morgan fingerprint density at radius 3 is 2.30 bits per heavy atom. The van der Waals surface area contributed by atoms with E-state index in [-0.39, 0.29) is 0 Å². The zero-order valence-corrected chi connectivity index (χ0v) is 16.9. The number of esters is 2. The smallest absolute Gasteiger partial charge is 0.338 e. The predicted octanol–water partition coefficient (Wildman–Crippen LogP) is 3.32. The summed E-state index contributed by atoms with van der Waals surface area (Å²) in [5, 5.41) is 8.03. The molecule has 0 spiro atoms. The first kappa shape index (κ1) is 19.7. The van der Waals surface area contributed by atoms with Gasteiger partial charge < -0.3 is 14.8 Å². The van der Waals surface area contributed by atoms with Crippen LogP contribution in [0.1, 0.15) is 27.5 Å². The highest BCUT2D eigenvalue weighted by Crippen LogP contribution is 2.39. The molecular weight excluding hydrogens is 408 g/mol. The van der Waals surface area contributed by atoms with Crippen molar-refractivity contribution in [2.45, 2.75) is 6.04 Å². The summed E-state index contributed by atoms with van der Waals surface area (Å²) in [4.78, 5) is 28.9. The average Bonchev–Trinajstić information content (AvgIpc) is 3.26. The van der Waals surface area contributed by atoms with E-state index in [9.17, 15) is 9.59 Å². The lowest BCUT2D eigenvalue weighted by molar-refractivity contribution is -0.136. The molecule has 2 aromatic carbocycles. The Morgan fingerprint density at radius 1 is 1.00 bits per heavy atom. The summed E-state index contributed by atoms with van der Waals surface area (Å²) in [6.07, 6.45) is 1.40. The van der Waals surface area contributed by atoms with Crippen LogP contribution >= 0.6 is 11.6 Å². The first-order valence-corrected chi connectivity index (χ1v) is 9.34. The van der Waals surface area contributed by atoms with E-state index < -0.39 is 18.0 Å². The van der Waals surface area contributed by atoms with Crippen molar-refractivity contribution in [3.8, 4) is 0 Å². The number of hydrogen-bond acceptors (Lipinski definition) is 7. The maximum Gasteiger partial charge on any atom is 0.338 e. The molecule has 1 N–H and O–H groups in total. The van der Waals surface area contributed by atoms with E-state index in [4.69, 9.17) is 21.1 Å². The topological polar surface area (TPSA) is 95.3 Å². The molecule has 0 saturated heterocycles. The minimum atomic E-state index is -0.617. The van der Waals surface area contributed by atoms with Crippen molar-refractivity contribution in [3.05, 3.63) is 82.1 Å². The van der Waals surface area contributed by atoms with Crippen molar-refractivity contribution in [2.75, 3.05) is 19.5 Å². The Hall–Kier alpha value is -3.65. The summed E-state index contributed by atoms with van der Waals surface area (Å²) in [6, 6.07) is 13.2. The van der Waals surface area contributed by atoms with Crippen LogP contribution in [-0.4, -0.2) is 40.9 Å². The number of anilines is 1. The fourth-order valence-corrected chi connectivity index (χ4v) is 3.49. The molecule has 30 heavy (non-hydrogen) atoms. The molecule has 152 valence electrons. The van der Waals surface area contributed by atoms with Gasteiger partial charge in [-0.15, -0.1) is 0 Å². The highest BCUT2D eigenvalue weighted by molar-refractivity contribution is 6.30. The molecule has 4 rings (SSSR count). The number of halogens is 1. The minimum Gasteiger partial charge on any atom is -0.466 e. The van der Waals surface area contributed by atoms with Gasteiger partial charge in [0.2, 0.25) is 5.95 Å². The number of benzene rings is 2. The number of hydrogen-bond donors (Lipinski definition) is 1. The molecule has 0 radical (unpaired) electrons. The first-order valence-electron chi connectivity index (χ1n) is 8.96. The number of carbonyl (C=O) groups excluding carboxylic acids is 2. The van der Waals surface area contributed by atoms with Gasteiger partial charge in [-0.2, -0.15) is 10.1 Å². The number of nitrogens with zero attached hydrogens (tertiary/aromatic N) is 3. The van der Waals surface area contributed by atoms with Gasteiger partial charge in [0.15, 0.2) is 0 Å². The fourth-order valence-electron chi connectivity index (χ4n) is 3.36. The van der Waals surface area contributed by atoms with Gasteiger partial charge in [-0.3, -0.25) is 0 Å². The maximum absolute atomic E-state index is 12.9. The van der Waals surface area contributed by atoms with Crippen molar-refractivity contribution in [2.24, 2.45) is 0 Å². The first-order chi connectivity index (χ1) is 14.5. The maximum atomic E-state index is 12.9. The van der Waals surface area contributed by atoms with Crippen LogP contribution in [-0.2, 0) is 14.3 Å². The lowest BCUT2D eigenvalue weighted by atomic mass is 9.92. The molecule has 1 aliphatic rings. The molecule has 0 amide bonds. The van der Waals surface area contributed by atoms with Gasteiger partial charge in [0.05, 0.1) is 31.1 Å². The monoisotopic (exact) mass is 424 g/mol. The Bertz CT molecular complexity index is 1140. The molecule has 9 heteroatoms. The molecule has 0 fully saturated rings. The number of nitrogens with one attached hydrogen (secondary N) is 1. The molecule has 1 atom stereocenters. The summed E-state index contributed by atoms with van der Waals surface area (Å²) in [5.74, 6) is -0.496. The Morgan fingerprint density at radius 2 is 1.67 bits per heavy atom. The van der Waals surface area contributed by atoms with Crippen LogP contribution < -0.4 is 5.32 Å². The van der Waals surface area contributed by atoms with Crippen molar-refractivity contribution < 1.29 is 19.1 Å². The van der Waals surface area contributed by atoms with Crippen LogP contribution in [0, 0.1) is 0 Å². The van der Waals surface area contributed by atoms with Crippen molar-refractivity contribution >= 4 is 35.2 Å². The highest BCUT2D eigenvalue weighted by atomic mass is 35.5. The number of methoxy groups -OCH3 is 2. The molecule has 3 aromatic rings. The Labute approximate surface area is 177 Å². The fraction of sp³-hybridized carbons (Fsp3) is 0.143. The number of fused-ring (bicyclic) bond motifs is 1. The third-order valence-electron chi connectivity index (χ3n) is 4.78. The molecule has 1 aromatic heterocycles. The number of carbonyl (C=O) groups is 2. The minimum absolute atomic E-state index is 0.351. The van der Waals surface area contributed by atoms with Gasteiger partial charge in [0.1, 0.15) is 12.4 Å². The lowest BCUT2D eigenvalue weighted by Gasteiger charge is -2.29. The van der Waals surface area contributed by atoms with E-state index in [0.717, 1.165) is 11.1 Å². The van der Waals surface area contributed by atoms with Crippen LogP contribution in [0.15, 0.2) is 60.4 Å². The average molecular weight is 425 g/mol. The summed E-state index contributed by atoms with van der Waals surface area (Å²) in [6.45, 7) is 0. The van der Waals surface area contributed by atoms with Gasteiger partial charge in [0, 0.05) is 5.02 Å². The van der Waals surface area contributed by atoms with E-state index in [2.05, 4.69) is 15.4 Å². The Kier molecular flexibility index (Phi) is 5.24. The summed E-state index contributed by atoms with van der Waals surface area (Å²) in [5.41, 5.74) is 2.76. The molecule has 8 nitrogen and oxygen atoms in total. The van der Waals surface area contributed by atoms with Crippen molar-refractivity contribution in [1.82, 2.24) is 14.8 Å². The molecule has 1 aliphatic heterocycles. The SMILES string of the molecule is COC(=O)C1=C(c2ccc(Cl)cc2)Nc2ncnn2[C@@H]1c1ccc(C(=O)OC)cc1. The molecule has 2 heterocycles. The molecule has 0 saturated carbocycles. The number of ether oxygens (including phenoxy) is 2. The van der Waals surface area contributed by atoms with E-state index in [1.54, 1.807) is 53.2 Å². The zero-order valence-electron chi connectivity index (χ0n) is 16.1. The van der Waals surface area contributed by atoms with Crippen LogP contribution in [0.2, 0.25) is 5.02 Å². The van der Waals surface area contributed by atoms with E-state index >= 15 is 0 Å².